The second kappa shape index (κ2) is 5.12. The second-order valence-electron chi connectivity index (χ2n) is 3.52. The fraction of sp³-hybridized carbons (Fsp3) is 0.333. The first-order chi connectivity index (χ1) is 8.18. The lowest BCUT2D eigenvalue weighted by molar-refractivity contribution is -0.134. The van der Waals surface area contributed by atoms with Crippen molar-refractivity contribution in [3.8, 4) is 0 Å². The Bertz CT molecular complexity index is 516. The van der Waals surface area contributed by atoms with Gasteiger partial charge in [-0.1, -0.05) is 12.1 Å². The average molecular weight is 283 g/mol. The Morgan fingerprint density at radius 3 is 2.39 bits per heavy atom. The van der Waals surface area contributed by atoms with Gasteiger partial charge >= 0.3 is 6.18 Å². The summed E-state index contributed by atoms with van der Waals surface area (Å²) in [5.74, 6) is 5.12. The second-order valence-corrected chi connectivity index (χ2v) is 5.53. The molecule has 0 unspecified atom stereocenters. The fourth-order valence-electron chi connectivity index (χ4n) is 1.32. The molecule has 0 fully saturated rings. The van der Waals surface area contributed by atoms with Crippen molar-refractivity contribution in [2.24, 2.45) is 5.84 Å². The maximum absolute atomic E-state index is 12.2. The van der Waals surface area contributed by atoms with Crippen LogP contribution in [0.3, 0.4) is 0 Å². The summed E-state index contributed by atoms with van der Waals surface area (Å²) in [7, 11) is -3.39. The molecule has 0 saturated carbocycles. The highest BCUT2D eigenvalue weighted by Crippen LogP contribution is 2.25. The Kier molecular flexibility index (Phi) is 4.20. The first-order valence-electron chi connectivity index (χ1n) is 4.77. The zero-order valence-electron chi connectivity index (χ0n) is 9.40. The molecule has 0 bridgehead atoms. The minimum atomic E-state index is -4.60. The van der Waals surface area contributed by atoms with Crippen molar-refractivity contribution < 1.29 is 21.6 Å². The third-order valence-corrected chi connectivity index (χ3v) is 3.99. The number of para-hydroxylation sites is 1. The Morgan fingerprint density at radius 1 is 1.33 bits per heavy atom. The number of rotatable bonds is 4. The molecule has 0 amide bonds. The van der Waals surface area contributed by atoms with Crippen molar-refractivity contribution in [1.82, 2.24) is 4.31 Å². The van der Waals surface area contributed by atoms with Crippen molar-refractivity contribution in [2.45, 2.75) is 11.1 Å². The number of nitrogen functional groups attached to an aromatic ring is 1. The lowest BCUT2D eigenvalue weighted by atomic mass is 10.3. The molecular weight excluding hydrogens is 271 g/mol. The summed E-state index contributed by atoms with van der Waals surface area (Å²) in [6, 6.07) is 5.44. The van der Waals surface area contributed by atoms with E-state index in [2.05, 4.69) is 5.43 Å². The van der Waals surface area contributed by atoms with Crippen LogP contribution in [0, 0.1) is 0 Å². The van der Waals surface area contributed by atoms with Gasteiger partial charge in [0.25, 0.3) is 0 Å². The van der Waals surface area contributed by atoms with Crippen LogP contribution in [-0.4, -0.2) is 32.5 Å². The van der Waals surface area contributed by atoms with E-state index >= 15 is 0 Å². The normalized spacial score (nSPS) is 12.8. The molecule has 18 heavy (non-hydrogen) atoms. The fourth-order valence-corrected chi connectivity index (χ4v) is 2.62. The van der Waals surface area contributed by atoms with Gasteiger partial charge in [0.1, 0.15) is 11.4 Å². The number of anilines is 1. The molecule has 0 aliphatic heterocycles. The lowest BCUT2D eigenvalue weighted by Gasteiger charge is -2.20. The van der Waals surface area contributed by atoms with E-state index in [1.54, 1.807) is 0 Å². The molecule has 0 heterocycles. The summed E-state index contributed by atoms with van der Waals surface area (Å²) in [6.07, 6.45) is -4.60. The molecule has 0 aliphatic rings. The zero-order chi connectivity index (χ0) is 14.0. The molecule has 0 saturated heterocycles. The number of alkyl halides is 3. The number of hydrogen-bond acceptors (Lipinski definition) is 4. The number of nitrogens with zero attached hydrogens (tertiary/aromatic N) is 1. The number of halogens is 3. The molecule has 0 atom stereocenters. The number of hydrogen-bond donors (Lipinski definition) is 2. The van der Waals surface area contributed by atoms with Gasteiger partial charge in [-0.3, -0.25) is 5.84 Å². The summed E-state index contributed by atoms with van der Waals surface area (Å²) in [5.41, 5.74) is 2.17. The summed E-state index contributed by atoms with van der Waals surface area (Å²) in [5, 5.41) is 0. The predicted octanol–water partition coefficient (Wildman–Crippen LogP) is 1.15. The van der Waals surface area contributed by atoms with Crippen molar-refractivity contribution in [1.29, 1.82) is 0 Å². The van der Waals surface area contributed by atoms with Crippen LogP contribution in [0.5, 0.6) is 0 Å². The first-order valence-corrected chi connectivity index (χ1v) is 6.21. The minimum absolute atomic E-state index is 0.0338. The summed E-state index contributed by atoms with van der Waals surface area (Å²) in [6.45, 7) is -1.56. The SMILES string of the molecule is CN(CC(F)(F)F)S(=O)(=O)c1ccccc1NN. The highest BCUT2D eigenvalue weighted by atomic mass is 32.2. The van der Waals surface area contributed by atoms with E-state index in [1.165, 1.54) is 24.3 Å². The molecule has 0 aliphatic carbocycles. The molecule has 5 nitrogen and oxygen atoms in total. The monoisotopic (exact) mass is 283 g/mol. The summed E-state index contributed by atoms with van der Waals surface area (Å²) in [4.78, 5) is -0.306. The van der Waals surface area contributed by atoms with Gasteiger partial charge in [-0.15, -0.1) is 0 Å². The van der Waals surface area contributed by atoms with Crippen molar-refractivity contribution in [2.75, 3.05) is 19.0 Å². The topological polar surface area (TPSA) is 75.4 Å². The minimum Gasteiger partial charge on any atom is -0.323 e. The van der Waals surface area contributed by atoms with E-state index in [4.69, 9.17) is 5.84 Å². The lowest BCUT2D eigenvalue weighted by Crippen LogP contribution is -2.36. The Hall–Kier alpha value is -1.32. The van der Waals surface area contributed by atoms with Crippen molar-refractivity contribution in [3.63, 3.8) is 0 Å². The molecule has 0 radical (unpaired) electrons. The molecule has 3 N–H and O–H groups in total. The van der Waals surface area contributed by atoms with Gasteiger partial charge in [0.15, 0.2) is 0 Å². The van der Waals surface area contributed by atoms with E-state index in [-0.39, 0.29) is 14.9 Å². The maximum atomic E-state index is 12.2. The molecule has 1 aromatic rings. The molecule has 0 aromatic heterocycles. The summed E-state index contributed by atoms with van der Waals surface area (Å²) >= 11 is 0. The van der Waals surface area contributed by atoms with Crippen LogP contribution in [0.25, 0.3) is 0 Å². The Labute approximate surface area is 102 Å². The van der Waals surface area contributed by atoms with E-state index in [0.717, 1.165) is 7.05 Å². The highest BCUT2D eigenvalue weighted by Gasteiger charge is 2.35. The Morgan fingerprint density at radius 2 is 1.89 bits per heavy atom. The smallest absolute Gasteiger partial charge is 0.323 e. The molecular formula is C9H12F3N3O2S. The van der Waals surface area contributed by atoms with Crippen LogP contribution < -0.4 is 11.3 Å². The number of nitrogens with two attached hydrogens (primary N) is 1. The van der Waals surface area contributed by atoms with Crippen LogP contribution in [0.2, 0.25) is 0 Å². The molecule has 102 valence electrons. The third kappa shape index (κ3) is 3.34. The highest BCUT2D eigenvalue weighted by molar-refractivity contribution is 7.89. The summed E-state index contributed by atoms with van der Waals surface area (Å²) < 4.78 is 60.6. The van der Waals surface area contributed by atoms with Gasteiger partial charge in [-0.25, -0.2) is 8.42 Å². The number of benzene rings is 1. The standard InChI is InChI=1S/C9H12F3N3O2S/c1-15(6-9(10,11)12)18(16,17)8-5-3-2-4-7(8)14-13/h2-5,14H,6,13H2,1H3. The zero-order valence-corrected chi connectivity index (χ0v) is 10.2. The molecule has 9 heteroatoms. The van der Waals surface area contributed by atoms with Gasteiger partial charge in [-0.05, 0) is 12.1 Å². The maximum Gasteiger partial charge on any atom is 0.402 e. The van der Waals surface area contributed by atoms with Crippen LogP contribution in [0.1, 0.15) is 0 Å². The molecule has 1 rings (SSSR count). The van der Waals surface area contributed by atoms with Gasteiger partial charge in [0.2, 0.25) is 10.0 Å². The van der Waals surface area contributed by atoms with Crippen LogP contribution in [-0.2, 0) is 10.0 Å². The van der Waals surface area contributed by atoms with E-state index in [1.807, 2.05) is 0 Å². The number of sulfonamides is 1. The van der Waals surface area contributed by atoms with E-state index in [0.29, 0.717) is 0 Å². The quantitative estimate of drug-likeness (QED) is 0.642. The van der Waals surface area contributed by atoms with Gasteiger partial charge in [0, 0.05) is 7.05 Å². The number of hydrazine groups is 1. The van der Waals surface area contributed by atoms with Crippen molar-refractivity contribution >= 4 is 15.7 Å². The predicted molar refractivity (Wildman–Crippen MR) is 60.1 cm³/mol. The van der Waals surface area contributed by atoms with Gasteiger partial charge in [0.05, 0.1) is 5.69 Å². The van der Waals surface area contributed by atoms with E-state index < -0.39 is 22.7 Å². The molecule has 0 spiro atoms. The van der Waals surface area contributed by atoms with Gasteiger partial charge in [-0.2, -0.15) is 17.5 Å². The first kappa shape index (κ1) is 14.7. The van der Waals surface area contributed by atoms with Crippen LogP contribution >= 0.6 is 0 Å². The Balaban J connectivity index is 3.14. The number of nitrogens with one attached hydrogen (secondary N) is 1. The molecule has 1 aromatic carbocycles. The van der Waals surface area contributed by atoms with Crippen LogP contribution in [0.4, 0.5) is 18.9 Å². The average Bonchev–Trinajstić information content (AvgIpc) is 2.26. The largest absolute Gasteiger partial charge is 0.402 e. The van der Waals surface area contributed by atoms with Crippen LogP contribution in [0.15, 0.2) is 29.2 Å². The van der Waals surface area contributed by atoms with E-state index in [9.17, 15) is 21.6 Å². The van der Waals surface area contributed by atoms with Gasteiger partial charge < -0.3 is 5.43 Å². The van der Waals surface area contributed by atoms with Crippen molar-refractivity contribution in [3.05, 3.63) is 24.3 Å². The third-order valence-electron chi connectivity index (χ3n) is 2.13.